The SMILES string of the molecule is O=[N+]([O-])C(CO)C(O)c1ccccc1O. The first-order valence-corrected chi connectivity index (χ1v) is 4.28. The molecule has 1 aromatic rings. The molecule has 0 saturated carbocycles. The molecule has 0 radical (unpaired) electrons. The summed E-state index contributed by atoms with van der Waals surface area (Å²) in [6.07, 6.45) is -1.52. The van der Waals surface area contributed by atoms with E-state index in [1.165, 1.54) is 24.3 Å². The number of nitro groups is 1. The minimum Gasteiger partial charge on any atom is -0.508 e. The zero-order chi connectivity index (χ0) is 11.4. The second-order valence-electron chi connectivity index (χ2n) is 3.04. The van der Waals surface area contributed by atoms with E-state index in [9.17, 15) is 20.3 Å². The Hall–Kier alpha value is -1.66. The van der Waals surface area contributed by atoms with Gasteiger partial charge in [0.2, 0.25) is 0 Å². The average Bonchev–Trinajstić information content (AvgIpc) is 2.18. The van der Waals surface area contributed by atoms with Gasteiger partial charge in [-0.25, -0.2) is 0 Å². The van der Waals surface area contributed by atoms with Gasteiger partial charge in [0.25, 0.3) is 6.04 Å². The lowest BCUT2D eigenvalue weighted by Gasteiger charge is -2.15. The van der Waals surface area contributed by atoms with Crippen LogP contribution in [-0.4, -0.2) is 32.9 Å². The number of phenols is 1. The predicted octanol–water partition coefficient (Wildman–Crippen LogP) is 0.0632. The summed E-state index contributed by atoms with van der Waals surface area (Å²) in [7, 11) is 0. The number of nitrogens with zero attached hydrogens (tertiary/aromatic N) is 1. The Bertz CT molecular complexity index is 354. The molecule has 0 spiro atoms. The molecule has 1 rings (SSSR count). The first-order chi connectivity index (χ1) is 7.07. The van der Waals surface area contributed by atoms with Crippen molar-refractivity contribution in [2.45, 2.75) is 12.1 Å². The number of aliphatic hydroxyl groups is 2. The third kappa shape index (κ3) is 2.42. The van der Waals surface area contributed by atoms with Crippen LogP contribution in [0.5, 0.6) is 5.75 Å². The van der Waals surface area contributed by atoms with Gasteiger partial charge in [0.1, 0.15) is 12.4 Å². The van der Waals surface area contributed by atoms with Gasteiger partial charge in [-0.05, 0) is 6.07 Å². The fraction of sp³-hybridized carbons (Fsp3) is 0.333. The molecule has 6 nitrogen and oxygen atoms in total. The van der Waals surface area contributed by atoms with Gasteiger partial charge in [-0.3, -0.25) is 10.1 Å². The van der Waals surface area contributed by atoms with Crippen LogP contribution in [0.1, 0.15) is 11.7 Å². The highest BCUT2D eigenvalue weighted by Crippen LogP contribution is 2.26. The molecule has 6 heteroatoms. The molecular formula is C9H11NO5. The predicted molar refractivity (Wildman–Crippen MR) is 50.9 cm³/mol. The number of hydrogen-bond donors (Lipinski definition) is 3. The topological polar surface area (TPSA) is 104 Å². The smallest absolute Gasteiger partial charge is 0.265 e. The standard InChI is InChI=1S/C9H11NO5/c11-5-7(10(14)15)9(13)6-3-1-2-4-8(6)12/h1-4,7,9,11-13H,5H2. The first kappa shape index (κ1) is 11.4. The van der Waals surface area contributed by atoms with Crippen molar-refractivity contribution in [3.05, 3.63) is 39.9 Å². The minimum absolute atomic E-state index is 0.0354. The van der Waals surface area contributed by atoms with Gasteiger partial charge in [-0.15, -0.1) is 0 Å². The van der Waals surface area contributed by atoms with Gasteiger partial charge in [-0.2, -0.15) is 0 Å². The van der Waals surface area contributed by atoms with E-state index in [-0.39, 0.29) is 11.3 Å². The Morgan fingerprint density at radius 3 is 2.47 bits per heavy atom. The van der Waals surface area contributed by atoms with Crippen molar-refractivity contribution in [2.75, 3.05) is 6.61 Å². The largest absolute Gasteiger partial charge is 0.508 e. The van der Waals surface area contributed by atoms with Crippen molar-refractivity contribution >= 4 is 0 Å². The zero-order valence-electron chi connectivity index (χ0n) is 7.78. The van der Waals surface area contributed by atoms with Gasteiger partial charge in [0, 0.05) is 10.5 Å². The molecule has 0 bridgehead atoms. The van der Waals surface area contributed by atoms with Crippen LogP contribution in [0.15, 0.2) is 24.3 Å². The quantitative estimate of drug-likeness (QED) is 0.484. The Balaban J connectivity index is 2.97. The van der Waals surface area contributed by atoms with Gasteiger partial charge in [0.05, 0.1) is 0 Å². The van der Waals surface area contributed by atoms with Crippen molar-refractivity contribution in [1.29, 1.82) is 0 Å². The first-order valence-electron chi connectivity index (χ1n) is 4.28. The molecule has 0 aliphatic carbocycles. The van der Waals surface area contributed by atoms with Gasteiger partial charge in [-0.1, -0.05) is 18.2 Å². The third-order valence-electron chi connectivity index (χ3n) is 2.08. The molecule has 1 aromatic carbocycles. The van der Waals surface area contributed by atoms with Crippen LogP contribution in [0, 0.1) is 10.1 Å². The maximum atomic E-state index is 10.5. The molecule has 2 atom stereocenters. The fourth-order valence-electron chi connectivity index (χ4n) is 1.23. The van der Waals surface area contributed by atoms with Crippen LogP contribution in [0.25, 0.3) is 0 Å². The van der Waals surface area contributed by atoms with Crippen molar-refractivity contribution in [2.24, 2.45) is 0 Å². The highest BCUT2D eigenvalue weighted by molar-refractivity contribution is 5.34. The van der Waals surface area contributed by atoms with E-state index in [1.54, 1.807) is 0 Å². The summed E-state index contributed by atoms with van der Waals surface area (Å²) in [4.78, 5) is 9.68. The summed E-state index contributed by atoms with van der Waals surface area (Å²) in [5.41, 5.74) is 0.0354. The molecule has 15 heavy (non-hydrogen) atoms. The molecule has 0 aliphatic heterocycles. The third-order valence-corrected chi connectivity index (χ3v) is 2.08. The van der Waals surface area contributed by atoms with E-state index >= 15 is 0 Å². The van der Waals surface area contributed by atoms with E-state index in [0.29, 0.717) is 0 Å². The van der Waals surface area contributed by atoms with Crippen molar-refractivity contribution in [3.63, 3.8) is 0 Å². The Kier molecular flexibility index (Phi) is 3.59. The van der Waals surface area contributed by atoms with Crippen LogP contribution in [0.2, 0.25) is 0 Å². The lowest BCUT2D eigenvalue weighted by atomic mass is 10.0. The van der Waals surface area contributed by atoms with Crippen molar-refractivity contribution in [3.8, 4) is 5.75 Å². The lowest BCUT2D eigenvalue weighted by molar-refractivity contribution is -0.539. The highest BCUT2D eigenvalue weighted by atomic mass is 16.6. The number of hydrogen-bond acceptors (Lipinski definition) is 5. The summed E-state index contributed by atoms with van der Waals surface area (Å²) in [6.45, 7) is -0.789. The monoisotopic (exact) mass is 213 g/mol. The van der Waals surface area contributed by atoms with E-state index in [4.69, 9.17) is 5.11 Å². The number of aliphatic hydroxyl groups excluding tert-OH is 2. The van der Waals surface area contributed by atoms with Crippen molar-refractivity contribution in [1.82, 2.24) is 0 Å². The number of aromatic hydroxyl groups is 1. The second kappa shape index (κ2) is 4.72. The molecule has 0 fully saturated rings. The van der Waals surface area contributed by atoms with E-state index in [2.05, 4.69) is 0 Å². The zero-order valence-corrected chi connectivity index (χ0v) is 7.78. The molecule has 82 valence electrons. The molecular weight excluding hydrogens is 202 g/mol. The van der Waals surface area contributed by atoms with Crippen LogP contribution in [0.4, 0.5) is 0 Å². The minimum atomic E-state index is -1.53. The van der Waals surface area contributed by atoms with Crippen molar-refractivity contribution < 1.29 is 20.2 Å². The molecule has 3 N–H and O–H groups in total. The Labute approximate surface area is 85.6 Å². The number of para-hydroxylation sites is 1. The number of phenolic OH excluding ortho intramolecular Hbond substituents is 1. The average molecular weight is 213 g/mol. The molecule has 0 saturated heterocycles. The summed E-state index contributed by atoms with van der Waals surface area (Å²) < 4.78 is 0. The summed E-state index contributed by atoms with van der Waals surface area (Å²) in [5.74, 6) is -0.231. The number of benzene rings is 1. The van der Waals surface area contributed by atoms with Crippen LogP contribution in [0.3, 0.4) is 0 Å². The van der Waals surface area contributed by atoms with Gasteiger partial charge >= 0.3 is 0 Å². The van der Waals surface area contributed by atoms with Gasteiger partial charge < -0.3 is 15.3 Å². The molecule has 0 amide bonds. The van der Waals surface area contributed by atoms with E-state index in [0.717, 1.165) is 0 Å². The van der Waals surface area contributed by atoms with Gasteiger partial charge in [0.15, 0.2) is 6.10 Å². The summed E-state index contributed by atoms with van der Waals surface area (Å²) in [6, 6.07) is 4.22. The molecule has 0 aromatic heterocycles. The number of rotatable bonds is 4. The highest BCUT2D eigenvalue weighted by Gasteiger charge is 2.31. The molecule has 0 heterocycles. The maximum Gasteiger partial charge on any atom is 0.265 e. The van der Waals surface area contributed by atoms with E-state index in [1.807, 2.05) is 0 Å². The van der Waals surface area contributed by atoms with Crippen LogP contribution >= 0.6 is 0 Å². The summed E-state index contributed by atoms with van der Waals surface area (Å²) in [5, 5.41) is 38.1. The second-order valence-corrected chi connectivity index (χ2v) is 3.04. The molecule has 0 aliphatic rings. The summed E-state index contributed by atoms with van der Waals surface area (Å²) >= 11 is 0. The normalized spacial score (nSPS) is 14.5. The maximum absolute atomic E-state index is 10.5. The van der Waals surface area contributed by atoms with Crippen LogP contribution < -0.4 is 0 Å². The Morgan fingerprint density at radius 1 is 1.40 bits per heavy atom. The van der Waals surface area contributed by atoms with Crippen LogP contribution in [-0.2, 0) is 0 Å². The Morgan fingerprint density at radius 2 is 2.00 bits per heavy atom. The fourth-order valence-corrected chi connectivity index (χ4v) is 1.23. The lowest BCUT2D eigenvalue weighted by Crippen LogP contribution is -2.31. The molecule has 2 unspecified atom stereocenters. The van der Waals surface area contributed by atoms with E-state index < -0.39 is 23.7 Å².